The number of carboxylic acids is 1. The van der Waals surface area contributed by atoms with Crippen LogP contribution in [-0.4, -0.2) is 45.7 Å². The Hall–Kier alpha value is -2.57. The van der Waals surface area contributed by atoms with Gasteiger partial charge in [-0.15, -0.1) is 0 Å². The second kappa shape index (κ2) is 5.82. The Labute approximate surface area is 121 Å². The summed E-state index contributed by atoms with van der Waals surface area (Å²) in [5, 5.41) is 15.6. The Morgan fingerprint density at radius 1 is 1.48 bits per heavy atom. The number of nitrogens with zero attached hydrogens (tertiary/aromatic N) is 2. The third kappa shape index (κ3) is 3.31. The summed E-state index contributed by atoms with van der Waals surface area (Å²) in [5.41, 5.74) is 0.824. The molecule has 2 N–H and O–H groups in total. The van der Waals surface area contributed by atoms with Gasteiger partial charge in [0.25, 0.3) is 5.91 Å². The molecule has 2 heterocycles. The van der Waals surface area contributed by atoms with Crippen LogP contribution in [0.1, 0.15) is 23.2 Å². The average molecular weight is 291 g/mol. The van der Waals surface area contributed by atoms with Crippen LogP contribution in [0.3, 0.4) is 0 Å². The fourth-order valence-corrected chi connectivity index (χ4v) is 1.90. The lowest BCUT2D eigenvalue weighted by atomic mass is 10.1. The molecule has 21 heavy (non-hydrogen) atoms. The van der Waals surface area contributed by atoms with E-state index in [4.69, 9.17) is 9.52 Å². The van der Waals surface area contributed by atoms with Crippen LogP contribution in [0.2, 0.25) is 0 Å². The predicted molar refractivity (Wildman–Crippen MR) is 74.8 cm³/mol. The molecule has 0 aliphatic carbocycles. The first-order valence-electron chi connectivity index (χ1n) is 6.49. The smallest absolute Gasteiger partial charge is 0.308 e. The van der Waals surface area contributed by atoms with Gasteiger partial charge < -0.3 is 14.4 Å². The van der Waals surface area contributed by atoms with Crippen LogP contribution in [0, 0.1) is 12.8 Å². The molecule has 2 rings (SSSR count). The van der Waals surface area contributed by atoms with E-state index in [0.717, 1.165) is 5.76 Å². The molecule has 2 aromatic rings. The number of hydrogen-bond donors (Lipinski definition) is 2. The number of nitrogens with one attached hydrogen (secondary N) is 1. The summed E-state index contributed by atoms with van der Waals surface area (Å²) in [6.07, 6.45) is 0. The van der Waals surface area contributed by atoms with Crippen LogP contribution < -0.4 is 0 Å². The molecule has 1 unspecified atom stereocenters. The number of aromatic amines is 1. The van der Waals surface area contributed by atoms with Gasteiger partial charge in [0, 0.05) is 19.7 Å². The van der Waals surface area contributed by atoms with Crippen molar-refractivity contribution in [1.29, 1.82) is 0 Å². The van der Waals surface area contributed by atoms with E-state index in [-0.39, 0.29) is 18.1 Å². The first kappa shape index (κ1) is 14.8. The highest BCUT2D eigenvalue weighted by atomic mass is 16.4. The number of hydrogen-bond acceptors (Lipinski definition) is 4. The Morgan fingerprint density at radius 2 is 2.19 bits per heavy atom. The average Bonchev–Trinajstić information content (AvgIpc) is 3.05. The van der Waals surface area contributed by atoms with E-state index >= 15 is 0 Å². The molecule has 0 aromatic carbocycles. The minimum absolute atomic E-state index is 0.121. The van der Waals surface area contributed by atoms with Crippen molar-refractivity contribution in [3.05, 3.63) is 29.7 Å². The highest BCUT2D eigenvalue weighted by Crippen LogP contribution is 2.20. The van der Waals surface area contributed by atoms with E-state index in [0.29, 0.717) is 11.5 Å². The number of aryl methyl sites for hydroxylation is 1. The second-order valence-corrected chi connectivity index (χ2v) is 5.00. The van der Waals surface area contributed by atoms with Gasteiger partial charge in [-0.3, -0.25) is 14.7 Å². The Kier molecular flexibility index (Phi) is 4.11. The molecule has 0 radical (unpaired) electrons. The van der Waals surface area contributed by atoms with E-state index in [1.807, 2.05) is 13.0 Å². The van der Waals surface area contributed by atoms with E-state index in [1.165, 1.54) is 4.90 Å². The van der Waals surface area contributed by atoms with E-state index in [9.17, 15) is 9.59 Å². The maximum Gasteiger partial charge on any atom is 0.308 e. The van der Waals surface area contributed by atoms with Crippen molar-refractivity contribution in [3.63, 3.8) is 0 Å². The number of carbonyl (C=O) groups excluding carboxylic acids is 1. The molecule has 7 heteroatoms. The summed E-state index contributed by atoms with van der Waals surface area (Å²) in [6.45, 7) is 3.50. The van der Waals surface area contributed by atoms with Crippen LogP contribution in [0.4, 0.5) is 0 Å². The van der Waals surface area contributed by atoms with Gasteiger partial charge in [-0.05, 0) is 19.1 Å². The maximum absolute atomic E-state index is 12.2. The summed E-state index contributed by atoms with van der Waals surface area (Å²) in [4.78, 5) is 24.3. The van der Waals surface area contributed by atoms with Gasteiger partial charge in [0.1, 0.15) is 11.5 Å². The van der Waals surface area contributed by atoms with Crippen molar-refractivity contribution in [1.82, 2.24) is 15.1 Å². The monoisotopic (exact) mass is 291 g/mol. The summed E-state index contributed by atoms with van der Waals surface area (Å²) < 4.78 is 5.45. The molecule has 0 fully saturated rings. The molecule has 1 amide bonds. The van der Waals surface area contributed by atoms with Crippen LogP contribution in [0.25, 0.3) is 11.5 Å². The highest BCUT2D eigenvalue weighted by molar-refractivity contribution is 5.93. The minimum atomic E-state index is -0.941. The summed E-state index contributed by atoms with van der Waals surface area (Å²) in [5.74, 6) is -0.553. The zero-order chi connectivity index (χ0) is 15.6. The molecule has 0 saturated heterocycles. The first-order valence-corrected chi connectivity index (χ1v) is 6.49. The molecule has 7 nitrogen and oxygen atoms in total. The van der Waals surface area contributed by atoms with Gasteiger partial charge >= 0.3 is 5.97 Å². The fourth-order valence-electron chi connectivity index (χ4n) is 1.90. The van der Waals surface area contributed by atoms with E-state index in [2.05, 4.69) is 10.2 Å². The summed E-state index contributed by atoms with van der Waals surface area (Å²) in [7, 11) is 1.55. The molecule has 0 aliphatic heterocycles. The van der Waals surface area contributed by atoms with Crippen LogP contribution >= 0.6 is 0 Å². The standard InChI is InChI=1S/C14H17N3O4/c1-8(14(19)20)7-17(3)13(18)11-6-10(15-16-11)12-5-4-9(2)21-12/h4-6,8H,7H2,1-3H3,(H,15,16)(H,19,20). The molecule has 0 saturated carbocycles. The first-order chi connectivity index (χ1) is 9.88. The molecule has 0 spiro atoms. The topological polar surface area (TPSA) is 99.4 Å². The zero-order valence-electron chi connectivity index (χ0n) is 12.1. The molecule has 0 bridgehead atoms. The SMILES string of the molecule is Cc1ccc(-c2cc(C(=O)N(C)CC(C)C(=O)O)n[nH]2)o1. The lowest BCUT2D eigenvalue weighted by Gasteiger charge is -2.18. The Balaban J connectivity index is 2.10. The minimum Gasteiger partial charge on any atom is -0.481 e. The quantitative estimate of drug-likeness (QED) is 0.874. The lowest BCUT2D eigenvalue weighted by Crippen LogP contribution is -2.33. The van der Waals surface area contributed by atoms with Crippen molar-refractivity contribution < 1.29 is 19.1 Å². The van der Waals surface area contributed by atoms with Gasteiger partial charge in [-0.2, -0.15) is 5.10 Å². The highest BCUT2D eigenvalue weighted by Gasteiger charge is 2.21. The van der Waals surface area contributed by atoms with Crippen LogP contribution in [0.15, 0.2) is 22.6 Å². The van der Waals surface area contributed by atoms with Crippen LogP contribution in [0.5, 0.6) is 0 Å². The number of carboxylic acid groups (broad SMARTS) is 1. The number of H-pyrrole nitrogens is 1. The fraction of sp³-hybridized carbons (Fsp3) is 0.357. The molecule has 0 aliphatic rings. The third-order valence-corrected chi connectivity index (χ3v) is 3.12. The Bertz CT molecular complexity index is 659. The van der Waals surface area contributed by atoms with Gasteiger partial charge in [-0.25, -0.2) is 0 Å². The van der Waals surface area contributed by atoms with Crippen molar-refractivity contribution in [2.45, 2.75) is 13.8 Å². The largest absolute Gasteiger partial charge is 0.481 e. The maximum atomic E-state index is 12.2. The number of aromatic nitrogens is 2. The lowest BCUT2D eigenvalue weighted by molar-refractivity contribution is -0.141. The van der Waals surface area contributed by atoms with E-state index < -0.39 is 11.9 Å². The van der Waals surface area contributed by atoms with Crippen molar-refractivity contribution >= 4 is 11.9 Å². The van der Waals surface area contributed by atoms with Crippen molar-refractivity contribution in [3.8, 4) is 11.5 Å². The molecular weight excluding hydrogens is 274 g/mol. The number of aliphatic carboxylic acids is 1. The molecule has 1 atom stereocenters. The number of amides is 1. The normalized spacial score (nSPS) is 12.1. The predicted octanol–water partition coefficient (Wildman–Crippen LogP) is 1.77. The number of carbonyl (C=O) groups is 2. The number of furan rings is 1. The number of rotatable bonds is 5. The van der Waals surface area contributed by atoms with Crippen molar-refractivity contribution in [2.75, 3.05) is 13.6 Å². The van der Waals surface area contributed by atoms with Crippen molar-refractivity contribution in [2.24, 2.45) is 5.92 Å². The summed E-state index contributed by atoms with van der Waals surface area (Å²) in [6, 6.07) is 5.19. The van der Waals surface area contributed by atoms with Crippen LogP contribution in [-0.2, 0) is 4.79 Å². The van der Waals surface area contributed by atoms with Gasteiger partial charge in [-0.1, -0.05) is 6.92 Å². The van der Waals surface area contributed by atoms with Gasteiger partial charge in [0.2, 0.25) is 0 Å². The van der Waals surface area contributed by atoms with Gasteiger partial charge in [0.05, 0.1) is 5.92 Å². The third-order valence-electron chi connectivity index (χ3n) is 3.12. The summed E-state index contributed by atoms with van der Waals surface area (Å²) >= 11 is 0. The van der Waals surface area contributed by atoms with Gasteiger partial charge in [0.15, 0.2) is 11.5 Å². The molecular formula is C14H17N3O4. The van der Waals surface area contributed by atoms with E-state index in [1.54, 1.807) is 26.1 Å². The Morgan fingerprint density at radius 3 is 2.76 bits per heavy atom. The molecule has 112 valence electrons. The molecule has 2 aromatic heterocycles. The second-order valence-electron chi connectivity index (χ2n) is 5.00. The zero-order valence-corrected chi connectivity index (χ0v) is 12.1.